The van der Waals surface area contributed by atoms with E-state index in [0.717, 1.165) is 68.4 Å². The summed E-state index contributed by atoms with van der Waals surface area (Å²) in [6.45, 7) is 5.57. The molecule has 1 aromatic heterocycles. The van der Waals surface area contributed by atoms with E-state index in [1.807, 2.05) is 35.8 Å². The minimum absolute atomic E-state index is 0.0229. The van der Waals surface area contributed by atoms with Crippen molar-refractivity contribution in [3.05, 3.63) is 46.1 Å². The molecule has 0 unspecified atom stereocenters. The zero-order valence-corrected chi connectivity index (χ0v) is 16.8. The van der Waals surface area contributed by atoms with Crippen molar-refractivity contribution < 1.29 is 4.74 Å². The van der Waals surface area contributed by atoms with Crippen molar-refractivity contribution in [2.45, 2.75) is 52.2 Å². The maximum absolute atomic E-state index is 12.3. The predicted octanol–water partition coefficient (Wildman–Crippen LogP) is 1.54. The number of ether oxygens (including phenoxy) is 1. The van der Waals surface area contributed by atoms with Gasteiger partial charge in [0.2, 0.25) is 0 Å². The molecule has 8 heteroatoms. The Hall–Kier alpha value is -2.77. The molecule has 1 aliphatic heterocycles. The number of nitrogens with zero attached hydrogens (tertiary/aromatic N) is 4. The van der Waals surface area contributed by atoms with Gasteiger partial charge in [0.05, 0.1) is 13.7 Å². The van der Waals surface area contributed by atoms with Crippen LogP contribution in [0.4, 0.5) is 0 Å². The van der Waals surface area contributed by atoms with Crippen LogP contribution in [0.1, 0.15) is 37.6 Å². The van der Waals surface area contributed by atoms with Gasteiger partial charge < -0.3 is 15.4 Å². The number of aliphatic imine (C=N–C) groups is 1. The molecule has 0 fully saturated rings. The fourth-order valence-electron chi connectivity index (χ4n) is 3.27. The number of aryl methyl sites for hydroxylation is 2. The summed E-state index contributed by atoms with van der Waals surface area (Å²) >= 11 is 0. The first-order chi connectivity index (χ1) is 13.7. The SMILES string of the molecule is CCNC(=NCc1ccc(OC)cc1)NCCCn1nc2n(c1=O)CCCC2. The molecule has 152 valence electrons. The van der Waals surface area contributed by atoms with E-state index >= 15 is 0 Å². The zero-order valence-electron chi connectivity index (χ0n) is 16.8. The van der Waals surface area contributed by atoms with Crippen LogP contribution in [0, 0.1) is 0 Å². The van der Waals surface area contributed by atoms with Gasteiger partial charge in [0.25, 0.3) is 0 Å². The van der Waals surface area contributed by atoms with Crippen LogP contribution in [-0.4, -0.2) is 40.5 Å². The van der Waals surface area contributed by atoms with Gasteiger partial charge in [0, 0.05) is 32.6 Å². The number of aromatic nitrogens is 3. The van der Waals surface area contributed by atoms with Gasteiger partial charge in [-0.3, -0.25) is 4.57 Å². The van der Waals surface area contributed by atoms with E-state index < -0.39 is 0 Å². The third-order valence-corrected chi connectivity index (χ3v) is 4.79. The lowest BCUT2D eigenvalue weighted by atomic mass is 10.2. The normalized spacial score (nSPS) is 13.9. The summed E-state index contributed by atoms with van der Waals surface area (Å²) in [4.78, 5) is 17.0. The minimum Gasteiger partial charge on any atom is -0.497 e. The average Bonchev–Trinajstić information content (AvgIpc) is 3.05. The lowest BCUT2D eigenvalue weighted by molar-refractivity contribution is 0.414. The number of rotatable bonds is 8. The molecule has 28 heavy (non-hydrogen) atoms. The minimum atomic E-state index is 0.0229. The monoisotopic (exact) mass is 386 g/mol. The number of nitrogens with one attached hydrogen (secondary N) is 2. The Labute approximate surface area is 165 Å². The molecule has 1 aliphatic rings. The van der Waals surface area contributed by atoms with Crippen LogP contribution in [0.3, 0.4) is 0 Å². The largest absolute Gasteiger partial charge is 0.497 e. The second kappa shape index (κ2) is 9.96. The van der Waals surface area contributed by atoms with E-state index in [1.165, 1.54) is 0 Å². The van der Waals surface area contributed by atoms with Gasteiger partial charge >= 0.3 is 5.69 Å². The van der Waals surface area contributed by atoms with E-state index in [9.17, 15) is 4.79 Å². The molecular formula is C20H30N6O2. The summed E-state index contributed by atoms with van der Waals surface area (Å²) in [5.41, 5.74) is 1.14. The second-order valence-electron chi connectivity index (χ2n) is 6.85. The lowest BCUT2D eigenvalue weighted by Gasteiger charge is -2.11. The average molecular weight is 387 g/mol. The molecule has 2 N–H and O–H groups in total. The van der Waals surface area contributed by atoms with Gasteiger partial charge in [0.15, 0.2) is 5.96 Å². The maximum Gasteiger partial charge on any atom is 0.345 e. The van der Waals surface area contributed by atoms with Crippen LogP contribution >= 0.6 is 0 Å². The highest BCUT2D eigenvalue weighted by molar-refractivity contribution is 5.79. The third-order valence-electron chi connectivity index (χ3n) is 4.79. The quantitative estimate of drug-likeness (QED) is 0.408. The molecule has 0 bridgehead atoms. The summed E-state index contributed by atoms with van der Waals surface area (Å²) in [7, 11) is 1.66. The molecule has 3 rings (SSSR count). The number of hydrogen-bond acceptors (Lipinski definition) is 4. The third kappa shape index (κ3) is 5.15. The summed E-state index contributed by atoms with van der Waals surface area (Å²) < 4.78 is 8.60. The standard InChI is InChI=1S/C20H30N6O2/c1-3-21-19(23-15-16-8-10-17(28-2)11-9-16)22-12-6-14-26-20(27)25-13-5-4-7-18(25)24-26/h8-11H,3-7,12-15H2,1-2H3,(H2,21,22,23). The topological polar surface area (TPSA) is 85.5 Å². The van der Waals surface area contributed by atoms with Crippen molar-refractivity contribution >= 4 is 5.96 Å². The fraction of sp³-hybridized carbons (Fsp3) is 0.550. The van der Waals surface area contributed by atoms with Crippen LogP contribution in [0.5, 0.6) is 5.75 Å². The summed E-state index contributed by atoms with van der Waals surface area (Å²) in [5, 5.41) is 11.1. The van der Waals surface area contributed by atoms with E-state index in [1.54, 1.807) is 11.8 Å². The van der Waals surface area contributed by atoms with Crippen LogP contribution in [0.15, 0.2) is 34.1 Å². The van der Waals surface area contributed by atoms with Gasteiger partial charge in [-0.1, -0.05) is 12.1 Å². The first-order valence-electron chi connectivity index (χ1n) is 10.0. The molecule has 0 aliphatic carbocycles. The Morgan fingerprint density at radius 3 is 2.79 bits per heavy atom. The van der Waals surface area contributed by atoms with Gasteiger partial charge in [-0.2, -0.15) is 5.10 Å². The van der Waals surface area contributed by atoms with Gasteiger partial charge in [-0.15, -0.1) is 0 Å². The lowest BCUT2D eigenvalue weighted by Crippen LogP contribution is -2.38. The smallest absolute Gasteiger partial charge is 0.345 e. The highest BCUT2D eigenvalue weighted by Crippen LogP contribution is 2.12. The number of methoxy groups -OCH3 is 1. The first kappa shape index (κ1) is 20.0. The Balaban J connectivity index is 1.49. The van der Waals surface area contributed by atoms with Gasteiger partial charge in [-0.25, -0.2) is 14.5 Å². The van der Waals surface area contributed by atoms with Crippen molar-refractivity contribution in [3.63, 3.8) is 0 Å². The van der Waals surface area contributed by atoms with Crippen molar-refractivity contribution in [3.8, 4) is 5.75 Å². The molecule has 8 nitrogen and oxygen atoms in total. The first-order valence-corrected chi connectivity index (χ1v) is 10.0. The Morgan fingerprint density at radius 2 is 2.07 bits per heavy atom. The zero-order chi connectivity index (χ0) is 19.8. The van der Waals surface area contributed by atoms with E-state index in [0.29, 0.717) is 13.1 Å². The van der Waals surface area contributed by atoms with Gasteiger partial charge in [0.1, 0.15) is 11.6 Å². The van der Waals surface area contributed by atoms with Crippen LogP contribution in [0.2, 0.25) is 0 Å². The van der Waals surface area contributed by atoms with Crippen molar-refractivity contribution in [1.82, 2.24) is 25.0 Å². The molecular weight excluding hydrogens is 356 g/mol. The van der Waals surface area contributed by atoms with E-state index in [-0.39, 0.29) is 5.69 Å². The van der Waals surface area contributed by atoms with Crippen LogP contribution < -0.4 is 21.1 Å². The van der Waals surface area contributed by atoms with Gasteiger partial charge in [-0.05, 0) is 43.9 Å². The summed E-state index contributed by atoms with van der Waals surface area (Å²) in [5.74, 6) is 2.54. The highest BCUT2D eigenvalue weighted by atomic mass is 16.5. The molecule has 0 atom stereocenters. The number of fused-ring (bicyclic) bond motifs is 1. The van der Waals surface area contributed by atoms with Crippen molar-refractivity contribution in [2.75, 3.05) is 20.2 Å². The number of benzene rings is 1. The summed E-state index contributed by atoms with van der Waals surface area (Å²) in [6.07, 6.45) is 3.90. The van der Waals surface area contributed by atoms with E-state index in [2.05, 4.69) is 20.7 Å². The fourth-order valence-corrected chi connectivity index (χ4v) is 3.27. The molecule has 0 radical (unpaired) electrons. The highest BCUT2D eigenvalue weighted by Gasteiger charge is 2.16. The van der Waals surface area contributed by atoms with Crippen molar-refractivity contribution in [2.24, 2.45) is 4.99 Å². The molecule has 0 saturated heterocycles. The molecule has 0 saturated carbocycles. The predicted molar refractivity (Wildman–Crippen MR) is 110 cm³/mol. The van der Waals surface area contributed by atoms with E-state index in [4.69, 9.17) is 4.74 Å². The molecule has 0 spiro atoms. The Morgan fingerprint density at radius 1 is 1.25 bits per heavy atom. The number of hydrogen-bond donors (Lipinski definition) is 2. The molecule has 0 amide bonds. The number of guanidine groups is 1. The maximum atomic E-state index is 12.3. The Kier molecular flexibility index (Phi) is 7.11. The van der Waals surface area contributed by atoms with Crippen molar-refractivity contribution in [1.29, 1.82) is 0 Å². The second-order valence-corrected chi connectivity index (χ2v) is 6.85. The Bertz CT molecular complexity index is 837. The molecule has 2 heterocycles. The summed E-state index contributed by atoms with van der Waals surface area (Å²) in [6, 6.07) is 7.90. The van der Waals surface area contributed by atoms with Crippen LogP contribution in [0.25, 0.3) is 0 Å². The molecule has 1 aromatic carbocycles. The molecule has 2 aromatic rings. The van der Waals surface area contributed by atoms with Crippen LogP contribution in [-0.2, 0) is 26.1 Å².